The Morgan fingerprint density at radius 2 is 1.79 bits per heavy atom. The summed E-state index contributed by atoms with van der Waals surface area (Å²) < 4.78 is 40.8. The van der Waals surface area contributed by atoms with Gasteiger partial charge in [0.25, 0.3) is 0 Å². The summed E-state index contributed by atoms with van der Waals surface area (Å²) in [6.07, 6.45) is 0.344. The molecular weight excluding hydrogens is 355 g/mol. The Morgan fingerprint density at radius 3 is 2.29 bits per heavy atom. The van der Waals surface area contributed by atoms with Crippen molar-refractivity contribution in [2.45, 2.75) is 32.7 Å². The Morgan fingerprint density at radius 1 is 1.25 bits per heavy atom. The van der Waals surface area contributed by atoms with Crippen molar-refractivity contribution in [3.8, 4) is 0 Å². The molecule has 5 nitrogen and oxygen atoms in total. The third kappa shape index (κ3) is 3.96. The van der Waals surface area contributed by atoms with Crippen molar-refractivity contribution >= 4 is 33.2 Å². The van der Waals surface area contributed by atoms with Crippen molar-refractivity contribution in [1.82, 2.24) is 9.62 Å². The zero-order valence-corrected chi connectivity index (χ0v) is 15.7. The highest BCUT2D eigenvalue weighted by molar-refractivity contribution is 7.99. The molecule has 0 bridgehead atoms. The van der Waals surface area contributed by atoms with Crippen LogP contribution in [0.3, 0.4) is 0 Å². The summed E-state index contributed by atoms with van der Waals surface area (Å²) in [5, 5.41) is 0. The van der Waals surface area contributed by atoms with Crippen LogP contribution >= 0.6 is 12.4 Å². The van der Waals surface area contributed by atoms with Gasteiger partial charge >= 0.3 is 0 Å². The molecule has 8 heteroatoms. The quantitative estimate of drug-likeness (QED) is 0.878. The highest BCUT2D eigenvalue weighted by Gasteiger charge is 2.43. The Bertz CT molecular complexity index is 758. The topological polar surface area (TPSA) is 66.5 Å². The van der Waals surface area contributed by atoms with Crippen molar-refractivity contribution < 1.29 is 17.6 Å². The van der Waals surface area contributed by atoms with Gasteiger partial charge in [-0.3, -0.25) is 4.79 Å². The second-order valence-electron chi connectivity index (χ2n) is 6.15. The predicted octanol–water partition coefficient (Wildman–Crippen LogP) is 2.54. The van der Waals surface area contributed by atoms with Crippen LogP contribution in [0.1, 0.15) is 32.8 Å². The van der Waals surface area contributed by atoms with E-state index in [1.807, 2.05) is 0 Å². The maximum atomic E-state index is 13.1. The van der Waals surface area contributed by atoms with Crippen molar-refractivity contribution in [2.24, 2.45) is 0 Å². The molecule has 0 spiro atoms. The van der Waals surface area contributed by atoms with Crippen molar-refractivity contribution in [2.75, 3.05) is 13.6 Å². The van der Waals surface area contributed by atoms with Gasteiger partial charge in [-0.15, -0.1) is 12.4 Å². The first-order valence-corrected chi connectivity index (χ1v) is 8.84. The van der Waals surface area contributed by atoms with Crippen LogP contribution in [0.15, 0.2) is 29.8 Å². The second-order valence-corrected chi connectivity index (χ2v) is 7.77. The summed E-state index contributed by atoms with van der Waals surface area (Å²) in [6, 6.07) is 5.32. The Kier molecular flexibility index (Phi) is 6.19. The number of hydrogen-bond donors (Lipinski definition) is 1. The van der Waals surface area contributed by atoms with E-state index in [4.69, 9.17) is 0 Å². The summed E-state index contributed by atoms with van der Waals surface area (Å²) in [6.45, 7) is 5.45. The van der Waals surface area contributed by atoms with Crippen molar-refractivity contribution in [3.05, 3.63) is 41.2 Å². The normalized spacial score (nSPS) is 18.2. The lowest BCUT2D eigenvalue weighted by Crippen LogP contribution is -2.41. The summed E-state index contributed by atoms with van der Waals surface area (Å²) in [4.78, 5) is 13.5. The van der Waals surface area contributed by atoms with Gasteiger partial charge in [0.1, 0.15) is 5.82 Å². The monoisotopic (exact) mass is 376 g/mol. The van der Waals surface area contributed by atoms with E-state index in [1.54, 1.807) is 27.8 Å². The molecule has 1 N–H and O–H groups in total. The highest BCUT2D eigenvalue weighted by atomic mass is 35.5. The Hall–Kier alpha value is -1.44. The van der Waals surface area contributed by atoms with E-state index < -0.39 is 21.4 Å². The van der Waals surface area contributed by atoms with Gasteiger partial charge < -0.3 is 4.90 Å². The van der Waals surface area contributed by atoms with Gasteiger partial charge in [-0.25, -0.2) is 17.5 Å². The SMILES string of the molecule is CCC(=O)N(C)CC1=C(c2ccc(F)cc2)S(=O)(=O)NC1(C)C.Cl. The maximum Gasteiger partial charge on any atom is 0.242 e. The fourth-order valence-electron chi connectivity index (χ4n) is 2.69. The van der Waals surface area contributed by atoms with Crippen molar-refractivity contribution in [3.63, 3.8) is 0 Å². The molecule has 0 unspecified atom stereocenters. The molecule has 134 valence electrons. The van der Waals surface area contributed by atoms with Crippen LogP contribution in [0.5, 0.6) is 0 Å². The maximum absolute atomic E-state index is 13.1. The van der Waals surface area contributed by atoms with Gasteiger partial charge in [0, 0.05) is 20.0 Å². The summed E-state index contributed by atoms with van der Waals surface area (Å²) >= 11 is 0. The van der Waals surface area contributed by atoms with Crippen LogP contribution < -0.4 is 4.72 Å². The third-order valence-corrected chi connectivity index (χ3v) is 5.72. The summed E-state index contributed by atoms with van der Waals surface area (Å²) in [7, 11) is -2.08. The molecule has 0 atom stereocenters. The molecule has 1 aliphatic rings. The molecule has 1 aromatic rings. The number of carbonyl (C=O) groups is 1. The first-order chi connectivity index (χ1) is 10.6. The van der Waals surface area contributed by atoms with E-state index in [-0.39, 0.29) is 29.8 Å². The zero-order chi connectivity index (χ0) is 17.4. The minimum absolute atomic E-state index is 0. The van der Waals surface area contributed by atoms with Crippen molar-refractivity contribution in [1.29, 1.82) is 0 Å². The molecule has 0 radical (unpaired) electrons. The molecule has 0 aliphatic carbocycles. The third-order valence-electron chi connectivity index (χ3n) is 3.92. The van der Waals surface area contributed by atoms with Crippen LogP contribution in [0, 0.1) is 5.82 Å². The van der Waals surface area contributed by atoms with Crippen LogP contribution in [-0.4, -0.2) is 38.4 Å². The smallest absolute Gasteiger partial charge is 0.242 e. The number of benzene rings is 1. The molecule has 2 rings (SSSR count). The first-order valence-electron chi connectivity index (χ1n) is 7.36. The molecule has 0 aromatic heterocycles. The van der Waals surface area contributed by atoms with Crippen LogP contribution in [0.2, 0.25) is 0 Å². The van der Waals surface area contributed by atoms with Gasteiger partial charge in [-0.1, -0.05) is 19.1 Å². The van der Waals surface area contributed by atoms with E-state index in [0.717, 1.165) is 0 Å². The number of nitrogens with zero attached hydrogens (tertiary/aromatic N) is 1. The largest absolute Gasteiger partial charge is 0.342 e. The second kappa shape index (κ2) is 7.21. The molecule has 1 aliphatic heterocycles. The molecule has 1 aromatic carbocycles. The minimum atomic E-state index is -3.72. The van der Waals surface area contributed by atoms with Gasteiger partial charge in [-0.2, -0.15) is 0 Å². The lowest BCUT2D eigenvalue weighted by molar-refractivity contribution is -0.129. The minimum Gasteiger partial charge on any atom is -0.342 e. The van der Waals surface area contributed by atoms with E-state index >= 15 is 0 Å². The fraction of sp³-hybridized carbons (Fsp3) is 0.438. The standard InChI is InChI=1S/C16H21FN2O3S.ClH/c1-5-14(20)19(4)10-13-15(11-6-8-12(17)9-7-11)23(21,22)18-16(13,2)3;/h6-9,18H,5,10H2,1-4H3;1H. The Balaban J connectivity index is 0.00000288. The number of hydrogen-bond acceptors (Lipinski definition) is 3. The van der Waals surface area contributed by atoms with Gasteiger partial charge in [-0.05, 0) is 37.1 Å². The highest BCUT2D eigenvalue weighted by Crippen LogP contribution is 2.38. The van der Waals surface area contributed by atoms with Crippen LogP contribution in [-0.2, 0) is 14.8 Å². The molecular formula is C16H22ClFN2O3S. The molecule has 1 heterocycles. The number of rotatable bonds is 4. The van der Waals surface area contributed by atoms with E-state index in [9.17, 15) is 17.6 Å². The zero-order valence-electron chi connectivity index (χ0n) is 14.1. The predicted molar refractivity (Wildman–Crippen MR) is 94.6 cm³/mol. The Labute approximate surface area is 148 Å². The van der Waals surface area contributed by atoms with E-state index in [0.29, 0.717) is 17.6 Å². The number of nitrogens with one attached hydrogen (secondary N) is 1. The summed E-state index contributed by atoms with van der Waals surface area (Å²) in [5.74, 6) is -0.507. The lowest BCUT2D eigenvalue weighted by Gasteiger charge is -2.26. The van der Waals surface area contributed by atoms with Gasteiger partial charge in [0.2, 0.25) is 15.9 Å². The molecule has 1 amide bonds. The average molecular weight is 377 g/mol. The number of likely N-dealkylation sites (N-methyl/N-ethyl adjacent to an activating group) is 1. The summed E-state index contributed by atoms with van der Waals surface area (Å²) in [5.41, 5.74) is 0.190. The molecule has 24 heavy (non-hydrogen) atoms. The number of carbonyl (C=O) groups excluding carboxylic acids is 1. The molecule has 0 saturated heterocycles. The molecule has 0 fully saturated rings. The fourth-order valence-corrected chi connectivity index (χ4v) is 4.68. The number of sulfonamides is 1. The van der Waals surface area contributed by atoms with E-state index in [1.165, 1.54) is 29.2 Å². The molecule has 0 saturated carbocycles. The average Bonchev–Trinajstić information content (AvgIpc) is 2.63. The van der Waals surface area contributed by atoms with E-state index in [2.05, 4.69) is 4.72 Å². The number of amides is 1. The number of halogens is 2. The first kappa shape index (κ1) is 20.6. The van der Waals surface area contributed by atoms with Crippen LogP contribution in [0.4, 0.5) is 4.39 Å². The van der Waals surface area contributed by atoms with Crippen LogP contribution in [0.25, 0.3) is 4.91 Å². The lowest BCUT2D eigenvalue weighted by atomic mass is 9.92. The van der Waals surface area contributed by atoms with Gasteiger partial charge in [0.05, 0.1) is 10.4 Å². The van der Waals surface area contributed by atoms with Gasteiger partial charge in [0.15, 0.2) is 0 Å².